The van der Waals surface area contributed by atoms with Crippen molar-refractivity contribution >= 4 is 21.6 Å². The highest BCUT2D eigenvalue weighted by Gasteiger charge is 2.19. The Morgan fingerprint density at radius 1 is 1.31 bits per heavy atom. The molecule has 0 aliphatic carbocycles. The number of aromatic nitrogens is 3. The fourth-order valence-electron chi connectivity index (χ4n) is 2.07. The van der Waals surface area contributed by atoms with E-state index < -0.39 is 0 Å². The molecule has 82 valence electrons. The standard InChI is InChI=1S/C11H11BrN4/c12-7-3-4-9(13)8(6-7)11-15-14-10-2-1-5-16(10)11/h3-4,6H,1-2,5,13H2. The summed E-state index contributed by atoms with van der Waals surface area (Å²) in [6.45, 7) is 0.990. The second kappa shape index (κ2) is 3.59. The van der Waals surface area contributed by atoms with E-state index in [-0.39, 0.29) is 0 Å². The van der Waals surface area contributed by atoms with Gasteiger partial charge in [-0.05, 0) is 24.6 Å². The molecule has 3 rings (SSSR count). The molecule has 4 nitrogen and oxygen atoms in total. The fourth-order valence-corrected chi connectivity index (χ4v) is 2.43. The van der Waals surface area contributed by atoms with E-state index in [4.69, 9.17) is 5.73 Å². The quantitative estimate of drug-likeness (QED) is 0.814. The highest BCUT2D eigenvalue weighted by molar-refractivity contribution is 9.10. The minimum absolute atomic E-state index is 0.741. The number of benzene rings is 1. The molecular weight excluding hydrogens is 268 g/mol. The van der Waals surface area contributed by atoms with Crippen LogP contribution < -0.4 is 5.73 Å². The Kier molecular flexibility index (Phi) is 2.21. The molecule has 0 bridgehead atoms. The zero-order valence-corrected chi connectivity index (χ0v) is 10.2. The monoisotopic (exact) mass is 278 g/mol. The number of fused-ring (bicyclic) bond motifs is 1. The third-order valence-corrected chi connectivity index (χ3v) is 3.36. The lowest BCUT2D eigenvalue weighted by Crippen LogP contribution is -1.99. The van der Waals surface area contributed by atoms with Gasteiger partial charge in [-0.3, -0.25) is 0 Å². The molecule has 0 fully saturated rings. The van der Waals surface area contributed by atoms with Crippen molar-refractivity contribution in [3.05, 3.63) is 28.5 Å². The third kappa shape index (κ3) is 1.43. The Hall–Kier alpha value is -1.36. The summed E-state index contributed by atoms with van der Waals surface area (Å²) in [6.07, 6.45) is 2.16. The van der Waals surface area contributed by atoms with Crippen LogP contribution in [-0.2, 0) is 13.0 Å². The molecule has 1 aromatic carbocycles. The molecule has 16 heavy (non-hydrogen) atoms. The topological polar surface area (TPSA) is 56.7 Å². The molecule has 1 aliphatic heterocycles. The van der Waals surface area contributed by atoms with E-state index in [2.05, 4.69) is 30.7 Å². The zero-order valence-electron chi connectivity index (χ0n) is 8.65. The van der Waals surface area contributed by atoms with Gasteiger partial charge in [0.2, 0.25) is 0 Å². The van der Waals surface area contributed by atoms with Crippen LogP contribution >= 0.6 is 15.9 Å². The molecule has 5 heteroatoms. The van der Waals surface area contributed by atoms with Crippen LogP contribution in [0.15, 0.2) is 22.7 Å². The van der Waals surface area contributed by atoms with E-state index >= 15 is 0 Å². The first-order chi connectivity index (χ1) is 7.75. The summed E-state index contributed by atoms with van der Waals surface area (Å²) in [6, 6.07) is 5.81. The van der Waals surface area contributed by atoms with E-state index in [1.54, 1.807) is 0 Å². The van der Waals surface area contributed by atoms with Crippen molar-refractivity contribution in [1.29, 1.82) is 0 Å². The van der Waals surface area contributed by atoms with Gasteiger partial charge in [-0.1, -0.05) is 15.9 Å². The van der Waals surface area contributed by atoms with Crippen molar-refractivity contribution in [1.82, 2.24) is 14.8 Å². The Labute approximate surface area is 102 Å². The van der Waals surface area contributed by atoms with E-state index in [9.17, 15) is 0 Å². The number of halogens is 1. The highest BCUT2D eigenvalue weighted by atomic mass is 79.9. The minimum Gasteiger partial charge on any atom is -0.398 e. The second-order valence-electron chi connectivity index (χ2n) is 3.93. The Bertz CT molecular complexity index is 547. The number of nitrogens with two attached hydrogens (primary N) is 1. The molecule has 0 radical (unpaired) electrons. The van der Waals surface area contributed by atoms with Crippen molar-refractivity contribution < 1.29 is 0 Å². The number of hydrogen-bond acceptors (Lipinski definition) is 3. The molecule has 0 saturated heterocycles. The van der Waals surface area contributed by atoms with E-state index in [0.717, 1.165) is 46.8 Å². The summed E-state index contributed by atoms with van der Waals surface area (Å²) >= 11 is 3.45. The zero-order chi connectivity index (χ0) is 11.1. The molecule has 2 heterocycles. The molecule has 0 spiro atoms. The van der Waals surface area contributed by atoms with Crippen LogP contribution in [0.2, 0.25) is 0 Å². The number of nitrogen functional groups attached to an aromatic ring is 1. The molecule has 2 N–H and O–H groups in total. The summed E-state index contributed by atoms with van der Waals surface area (Å²) < 4.78 is 3.16. The number of rotatable bonds is 1. The Balaban J connectivity index is 2.18. The SMILES string of the molecule is Nc1ccc(Br)cc1-c1nnc2n1CCC2. The smallest absolute Gasteiger partial charge is 0.166 e. The third-order valence-electron chi connectivity index (χ3n) is 2.87. The van der Waals surface area contributed by atoms with Gasteiger partial charge in [-0.25, -0.2) is 0 Å². The summed E-state index contributed by atoms with van der Waals surface area (Å²) in [5, 5.41) is 8.41. The van der Waals surface area contributed by atoms with Crippen LogP contribution in [0.5, 0.6) is 0 Å². The lowest BCUT2D eigenvalue weighted by Gasteiger charge is -2.06. The lowest BCUT2D eigenvalue weighted by atomic mass is 10.1. The Morgan fingerprint density at radius 3 is 3.06 bits per heavy atom. The normalized spacial score (nSPS) is 14.1. The predicted molar refractivity (Wildman–Crippen MR) is 65.9 cm³/mol. The average Bonchev–Trinajstić information content (AvgIpc) is 2.83. The van der Waals surface area contributed by atoms with Crippen molar-refractivity contribution in [2.24, 2.45) is 0 Å². The highest BCUT2D eigenvalue weighted by Crippen LogP contribution is 2.30. The molecular formula is C11H11BrN4. The fraction of sp³-hybridized carbons (Fsp3) is 0.273. The second-order valence-corrected chi connectivity index (χ2v) is 4.84. The van der Waals surface area contributed by atoms with Gasteiger partial charge in [0.15, 0.2) is 5.82 Å². The van der Waals surface area contributed by atoms with Gasteiger partial charge in [-0.15, -0.1) is 10.2 Å². The molecule has 0 unspecified atom stereocenters. The first kappa shape index (κ1) is 9.84. The van der Waals surface area contributed by atoms with Crippen molar-refractivity contribution in [3.8, 4) is 11.4 Å². The van der Waals surface area contributed by atoms with Gasteiger partial charge in [0, 0.05) is 28.7 Å². The summed E-state index contributed by atoms with van der Waals surface area (Å²) in [5.74, 6) is 1.95. The average molecular weight is 279 g/mol. The van der Waals surface area contributed by atoms with E-state index in [1.807, 2.05) is 18.2 Å². The summed E-state index contributed by atoms with van der Waals surface area (Å²) in [7, 11) is 0. The molecule has 0 saturated carbocycles. The molecule has 0 amide bonds. The van der Waals surface area contributed by atoms with Crippen LogP contribution in [0.1, 0.15) is 12.2 Å². The largest absolute Gasteiger partial charge is 0.398 e. The molecule has 1 aliphatic rings. The van der Waals surface area contributed by atoms with Crippen LogP contribution in [0.25, 0.3) is 11.4 Å². The molecule has 2 aromatic rings. The van der Waals surface area contributed by atoms with E-state index in [1.165, 1.54) is 0 Å². The van der Waals surface area contributed by atoms with Crippen molar-refractivity contribution in [3.63, 3.8) is 0 Å². The summed E-state index contributed by atoms with van der Waals surface area (Å²) in [4.78, 5) is 0. The molecule has 1 aromatic heterocycles. The van der Waals surface area contributed by atoms with Crippen LogP contribution in [0, 0.1) is 0 Å². The van der Waals surface area contributed by atoms with Crippen molar-refractivity contribution in [2.75, 3.05) is 5.73 Å². The van der Waals surface area contributed by atoms with Crippen LogP contribution in [0.3, 0.4) is 0 Å². The first-order valence-corrected chi connectivity index (χ1v) is 6.02. The predicted octanol–water partition coefficient (Wildman–Crippen LogP) is 2.24. The van der Waals surface area contributed by atoms with Gasteiger partial charge in [0.1, 0.15) is 5.82 Å². The summed E-state index contributed by atoms with van der Waals surface area (Å²) in [5.41, 5.74) is 7.67. The maximum atomic E-state index is 5.97. The first-order valence-electron chi connectivity index (χ1n) is 5.23. The lowest BCUT2D eigenvalue weighted by molar-refractivity contribution is 0.749. The maximum Gasteiger partial charge on any atom is 0.166 e. The molecule has 0 atom stereocenters. The number of anilines is 1. The van der Waals surface area contributed by atoms with Gasteiger partial charge < -0.3 is 10.3 Å². The van der Waals surface area contributed by atoms with Crippen LogP contribution in [0.4, 0.5) is 5.69 Å². The number of hydrogen-bond donors (Lipinski definition) is 1. The van der Waals surface area contributed by atoms with Gasteiger partial charge in [0.05, 0.1) is 0 Å². The maximum absolute atomic E-state index is 5.97. The Morgan fingerprint density at radius 2 is 2.19 bits per heavy atom. The van der Waals surface area contributed by atoms with Gasteiger partial charge >= 0.3 is 0 Å². The van der Waals surface area contributed by atoms with Gasteiger partial charge in [0.25, 0.3) is 0 Å². The van der Waals surface area contributed by atoms with Crippen LogP contribution in [-0.4, -0.2) is 14.8 Å². The van der Waals surface area contributed by atoms with Crippen molar-refractivity contribution in [2.45, 2.75) is 19.4 Å². The number of nitrogens with zero attached hydrogens (tertiary/aromatic N) is 3. The van der Waals surface area contributed by atoms with E-state index in [0.29, 0.717) is 0 Å². The van der Waals surface area contributed by atoms with Gasteiger partial charge in [-0.2, -0.15) is 0 Å². The minimum atomic E-state index is 0.741. The number of aryl methyl sites for hydroxylation is 1.